The van der Waals surface area contributed by atoms with Crippen molar-refractivity contribution in [2.45, 2.75) is 38.0 Å². The van der Waals surface area contributed by atoms with Gasteiger partial charge in [-0.15, -0.1) is 0 Å². The first-order valence-corrected chi connectivity index (χ1v) is 13.4. The third-order valence-electron chi connectivity index (χ3n) is 7.78. The zero-order chi connectivity index (χ0) is 25.9. The molecule has 1 aliphatic carbocycles. The molecule has 0 aromatic heterocycles. The van der Waals surface area contributed by atoms with Gasteiger partial charge in [0.15, 0.2) is 0 Å². The van der Waals surface area contributed by atoms with Gasteiger partial charge in [0.2, 0.25) is 0 Å². The Hall–Kier alpha value is -4.31. The largest absolute Gasteiger partial charge is 0.489 e. The van der Waals surface area contributed by atoms with Crippen LogP contribution < -0.4 is 15.4 Å². The molecule has 0 saturated carbocycles. The number of carbonyl (C=O) groups excluding carboxylic acids is 1. The summed E-state index contributed by atoms with van der Waals surface area (Å²) in [7, 11) is 0. The highest BCUT2D eigenvalue weighted by Crippen LogP contribution is 2.50. The number of ether oxygens (including phenoxy) is 1. The van der Waals surface area contributed by atoms with Crippen molar-refractivity contribution in [1.29, 1.82) is 0 Å². The predicted octanol–water partition coefficient (Wildman–Crippen LogP) is 7.58. The van der Waals surface area contributed by atoms with Gasteiger partial charge in [0, 0.05) is 5.92 Å². The fourth-order valence-electron chi connectivity index (χ4n) is 5.75. The van der Waals surface area contributed by atoms with Crippen LogP contribution in [0.2, 0.25) is 0 Å². The smallest absolute Gasteiger partial charge is 0.253 e. The molecule has 4 atom stereocenters. The lowest BCUT2D eigenvalue weighted by Gasteiger charge is -2.38. The highest BCUT2D eigenvalue weighted by molar-refractivity contribution is 6.01. The van der Waals surface area contributed by atoms with Crippen LogP contribution in [-0.2, 0) is 6.61 Å². The maximum Gasteiger partial charge on any atom is 0.253 e. The zero-order valence-corrected chi connectivity index (χ0v) is 21.5. The summed E-state index contributed by atoms with van der Waals surface area (Å²) in [4.78, 5) is 13.5. The van der Waals surface area contributed by atoms with Gasteiger partial charge < -0.3 is 15.4 Å². The number of allylic oxidation sites excluding steroid dienone is 2. The Labute approximate surface area is 224 Å². The minimum absolute atomic E-state index is 0.0606. The summed E-state index contributed by atoms with van der Waals surface area (Å²) in [5.41, 5.74) is 6.26. The van der Waals surface area contributed by atoms with Gasteiger partial charge in [-0.2, -0.15) is 0 Å². The Morgan fingerprint density at radius 2 is 1.66 bits per heavy atom. The van der Waals surface area contributed by atoms with Crippen molar-refractivity contribution in [3.05, 3.63) is 143 Å². The van der Waals surface area contributed by atoms with E-state index in [1.54, 1.807) is 0 Å². The summed E-state index contributed by atoms with van der Waals surface area (Å²) in [6.07, 6.45) is 5.60. The van der Waals surface area contributed by atoms with Crippen molar-refractivity contribution < 1.29 is 9.53 Å². The number of benzene rings is 4. The zero-order valence-electron chi connectivity index (χ0n) is 21.5. The van der Waals surface area contributed by atoms with Gasteiger partial charge in [-0.1, -0.05) is 97.1 Å². The minimum Gasteiger partial charge on any atom is -0.489 e. The van der Waals surface area contributed by atoms with Crippen molar-refractivity contribution in [2.24, 2.45) is 5.92 Å². The van der Waals surface area contributed by atoms with Crippen molar-refractivity contribution in [1.82, 2.24) is 5.32 Å². The second-order valence-corrected chi connectivity index (χ2v) is 10.2. The number of carbonyl (C=O) groups is 1. The van der Waals surface area contributed by atoms with Crippen LogP contribution in [0.3, 0.4) is 0 Å². The van der Waals surface area contributed by atoms with Crippen molar-refractivity contribution >= 4 is 11.6 Å². The van der Waals surface area contributed by atoms with Gasteiger partial charge in [-0.3, -0.25) is 4.79 Å². The van der Waals surface area contributed by atoms with Crippen LogP contribution in [0.5, 0.6) is 5.75 Å². The summed E-state index contributed by atoms with van der Waals surface area (Å²) in [5, 5.41) is 6.98. The fraction of sp³-hybridized carbons (Fsp3) is 0.206. The molecule has 2 aliphatic rings. The Morgan fingerprint density at radius 3 is 2.42 bits per heavy atom. The van der Waals surface area contributed by atoms with Gasteiger partial charge in [0.1, 0.15) is 12.4 Å². The second kappa shape index (κ2) is 10.6. The van der Waals surface area contributed by atoms with E-state index in [1.807, 2.05) is 79.7 Å². The highest BCUT2D eigenvalue weighted by atomic mass is 16.5. The first-order valence-electron chi connectivity index (χ1n) is 13.4. The molecule has 4 aromatic carbocycles. The summed E-state index contributed by atoms with van der Waals surface area (Å²) >= 11 is 0. The van der Waals surface area contributed by atoms with E-state index in [1.165, 1.54) is 11.1 Å². The molecule has 1 aliphatic heterocycles. The van der Waals surface area contributed by atoms with E-state index in [9.17, 15) is 4.79 Å². The Balaban J connectivity index is 1.23. The fourth-order valence-corrected chi connectivity index (χ4v) is 5.75. The number of rotatable bonds is 7. The molecule has 0 fully saturated rings. The maximum absolute atomic E-state index is 13.5. The number of hydrogen-bond acceptors (Lipinski definition) is 3. The first kappa shape index (κ1) is 24.1. The van der Waals surface area contributed by atoms with E-state index in [4.69, 9.17) is 4.74 Å². The average molecular weight is 501 g/mol. The molecule has 1 heterocycles. The van der Waals surface area contributed by atoms with Crippen LogP contribution >= 0.6 is 0 Å². The lowest BCUT2D eigenvalue weighted by molar-refractivity contribution is 0.0940. The predicted molar refractivity (Wildman–Crippen MR) is 152 cm³/mol. The quantitative estimate of drug-likeness (QED) is 0.257. The standard InChI is InChI=1S/C34H32N2O2/c1-23(25-12-6-3-7-13-25)35-34(37)31-17-9-16-30-28-14-8-15-29(28)32(36-33(30)31)26-18-20-27(21-19-26)38-22-24-10-4-2-5-11-24/h2-14,16-21,23,28-29,32,36H,15,22H2,1H3,(H,35,37). The lowest BCUT2D eigenvalue weighted by atomic mass is 9.76. The van der Waals surface area contributed by atoms with E-state index in [0.29, 0.717) is 18.1 Å². The molecule has 0 radical (unpaired) electrons. The second-order valence-electron chi connectivity index (χ2n) is 10.2. The van der Waals surface area contributed by atoms with Crippen molar-refractivity contribution in [3.8, 4) is 5.75 Å². The first-order chi connectivity index (χ1) is 18.7. The molecule has 0 saturated heterocycles. The van der Waals surface area contributed by atoms with Crippen LogP contribution in [0.1, 0.15) is 64.0 Å². The van der Waals surface area contributed by atoms with Crippen LogP contribution in [0, 0.1) is 5.92 Å². The number of fused-ring (bicyclic) bond motifs is 3. The van der Waals surface area contributed by atoms with Crippen LogP contribution in [0.4, 0.5) is 5.69 Å². The Kier molecular flexibility index (Phi) is 6.70. The van der Waals surface area contributed by atoms with Gasteiger partial charge in [0.05, 0.1) is 23.3 Å². The van der Waals surface area contributed by atoms with Gasteiger partial charge in [-0.05, 0) is 59.7 Å². The Bertz CT molecular complexity index is 1430. The Morgan fingerprint density at radius 1 is 0.921 bits per heavy atom. The van der Waals surface area contributed by atoms with E-state index < -0.39 is 0 Å². The third-order valence-corrected chi connectivity index (χ3v) is 7.78. The number of amides is 1. The third kappa shape index (κ3) is 4.82. The lowest BCUT2D eigenvalue weighted by Crippen LogP contribution is -2.32. The normalized spacial score (nSPS) is 20.1. The summed E-state index contributed by atoms with van der Waals surface area (Å²) in [6, 6.07) is 34.8. The molecule has 190 valence electrons. The molecule has 38 heavy (non-hydrogen) atoms. The number of hydrogen-bond donors (Lipinski definition) is 2. The number of nitrogens with one attached hydrogen (secondary N) is 2. The monoisotopic (exact) mass is 500 g/mol. The molecule has 4 nitrogen and oxygen atoms in total. The number of para-hydroxylation sites is 1. The molecule has 0 spiro atoms. The maximum atomic E-state index is 13.5. The molecule has 1 amide bonds. The summed E-state index contributed by atoms with van der Waals surface area (Å²) in [6.45, 7) is 2.57. The van der Waals surface area contributed by atoms with Gasteiger partial charge in [-0.25, -0.2) is 0 Å². The molecular weight excluding hydrogens is 468 g/mol. The SMILES string of the molecule is CC(NC(=O)c1cccc2c1NC(c1ccc(OCc3ccccc3)cc1)C1CC=CC21)c1ccccc1. The summed E-state index contributed by atoms with van der Waals surface area (Å²) in [5.74, 6) is 1.48. The molecule has 0 bridgehead atoms. The van der Waals surface area contributed by atoms with Crippen LogP contribution in [-0.4, -0.2) is 5.91 Å². The van der Waals surface area contributed by atoms with E-state index in [0.717, 1.165) is 29.0 Å². The van der Waals surface area contributed by atoms with Crippen molar-refractivity contribution in [3.63, 3.8) is 0 Å². The molecule has 4 aromatic rings. The molecular formula is C34H32N2O2. The molecule has 6 rings (SSSR count). The van der Waals surface area contributed by atoms with Crippen LogP contribution in [0.25, 0.3) is 0 Å². The molecule has 4 unspecified atom stereocenters. The van der Waals surface area contributed by atoms with E-state index >= 15 is 0 Å². The topological polar surface area (TPSA) is 50.4 Å². The molecule has 2 N–H and O–H groups in total. The van der Waals surface area contributed by atoms with Gasteiger partial charge >= 0.3 is 0 Å². The van der Waals surface area contributed by atoms with Crippen molar-refractivity contribution in [2.75, 3.05) is 5.32 Å². The average Bonchev–Trinajstić information content (AvgIpc) is 3.47. The summed E-state index contributed by atoms with van der Waals surface area (Å²) < 4.78 is 6.02. The van der Waals surface area contributed by atoms with Gasteiger partial charge in [0.25, 0.3) is 5.91 Å². The molecule has 4 heteroatoms. The number of anilines is 1. The van der Waals surface area contributed by atoms with E-state index in [-0.39, 0.29) is 23.9 Å². The minimum atomic E-state index is -0.0819. The highest BCUT2D eigenvalue weighted by Gasteiger charge is 2.39. The van der Waals surface area contributed by atoms with Crippen LogP contribution in [0.15, 0.2) is 115 Å². The van der Waals surface area contributed by atoms with E-state index in [2.05, 4.69) is 53.1 Å².